The third-order valence-corrected chi connectivity index (χ3v) is 5.59. The van der Waals surface area contributed by atoms with Gasteiger partial charge in [-0.05, 0) is 47.4 Å². The van der Waals surface area contributed by atoms with Crippen LogP contribution >= 0.6 is 11.6 Å². The molecule has 2 aromatic carbocycles. The summed E-state index contributed by atoms with van der Waals surface area (Å²) in [6.45, 7) is 5.16. The third kappa shape index (κ3) is 3.74. The Labute approximate surface area is 179 Å². The van der Waals surface area contributed by atoms with Crippen molar-refractivity contribution in [3.8, 4) is 0 Å². The number of imide groups is 2. The van der Waals surface area contributed by atoms with E-state index in [2.05, 4.69) is 16.8 Å². The van der Waals surface area contributed by atoms with Gasteiger partial charge in [0.25, 0.3) is 11.8 Å². The smallest absolute Gasteiger partial charge is 0.331 e. The number of halogens is 1. The molecule has 7 heteroatoms. The number of rotatable bonds is 5. The van der Waals surface area contributed by atoms with Crippen molar-refractivity contribution in [2.75, 3.05) is 18.0 Å². The number of carbonyl (C=O) groups is 3. The van der Waals surface area contributed by atoms with Crippen LogP contribution in [0.5, 0.6) is 0 Å². The molecular weight excluding hydrogens is 402 g/mol. The lowest BCUT2D eigenvalue weighted by Gasteiger charge is -2.25. The molecule has 0 radical (unpaired) electrons. The molecule has 6 nitrogen and oxygen atoms in total. The number of nitrogens with one attached hydrogen (secondary N) is 1. The maximum atomic E-state index is 12.6. The second-order valence-corrected chi connectivity index (χ2v) is 7.58. The number of benzene rings is 2. The van der Waals surface area contributed by atoms with E-state index in [-0.39, 0.29) is 12.1 Å². The van der Waals surface area contributed by atoms with Crippen molar-refractivity contribution in [1.29, 1.82) is 0 Å². The van der Waals surface area contributed by atoms with E-state index in [0.717, 1.165) is 45.3 Å². The van der Waals surface area contributed by atoms with E-state index in [1.54, 1.807) is 0 Å². The van der Waals surface area contributed by atoms with Gasteiger partial charge in [0.05, 0.1) is 0 Å². The Kier molecular flexibility index (Phi) is 5.42. The van der Waals surface area contributed by atoms with Crippen LogP contribution in [0.15, 0.2) is 60.7 Å². The zero-order chi connectivity index (χ0) is 21.3. The van der Waals surface area contributed by atoms with Gasteiger partial charge in [-0.25, -0.2) is 4.79 Å². The summed E-state index contributed by atoms with van der Waals surface area (Å²) in [5.74, 6) is -1.31. The number of hydrogen-bond acceptors (Lipinski definition) is 4. The van der Waals surface area contributed by atoms with Crippen molar-refractivity contribution in [3.63, 3.8) is 0 Å². The third-order valence-electron chi connectivity index (χ3n) is 5.22. The van der Waals surface area contributed by atoms with Crippen LogP contribution in [-0.2, 0) is 22.6 Å². The quantitative estimate of drug-likeness (QED) is 0.455. The van der Waals surface area contributed by atoms with Gasteiger partial charge in [-0.1, -0.05) is 41.9 Å². The number of carbonyl (C=O) groups excluding carboxylic acids is 3. The van der Waals surface area contributed by atoms with E-state index >= 15 is 0 Å². The Morgan fingerprint density at radius 1 is 1.13 bits per heavy atom. The maximum Gasteiger partial charge on any atom is 0.331 e. The molecule has 2 aromatic rings. The van der Waals surface area contributed by atoms with Crippen LogP contribution < -0.4 is 10.2 Å². The molecule has 0 bridgehead atoms. The summed E-state index contributed by atoms with van der Waals surface area (Å²) in [5, 5.41) is 2.94. The summed E-state index contributed by atoms with van der Waals surface area (Å²) in [7, 11) is 0. The standard InChI is InChI=1S/C23H20ClN3O3/c1-2-10-27-22(29)18(21(28)25-23(27)30)13-15-7-8-20-16(12-15)9-11-26(20)14-17-5-3-4-6-19(17)24/h2-8,12-13H,1,9-11,14H2,(H,25,28,30)/b18-13+. The summed E-state index contributed by atoms with van der Waals surface area (Å²) in [4.78, 5) is 39.8. The van der Waals surface area contributed by atoms with Gasteiger partial charge in [0.2, 0.25) is 0 Å². The normalized spacial score (nSPS) is 17.4. The summed E-state index contributed by atoms with van der Waals surface area (Å²) in [6.07, 6.45) is 3.82. The van der Waals surface area contributed by atoms with Crippen LogP contribution in [0.2, 0.25) is 5.02 Å². The van der Waals surface area contributed by atoms with Crippen LogP contribution in [0.3, 0.4) is 0 Å². The summed E-state index contributed by atoms with van der Waals surface area (Å²) in [5.41, 5.74) is 3.98. The fourth-order valence-corrected chi connectivity index (χ4v) is 3.93. The second kappa shape index (κ2) is 8.16. The minimum absolute atomic E-state index is 0.0382. The number of hydrogen-bond donors (Lipinski definition) is 1. The monoisotopic (exact) mass is 421 g/mol. The van der Waals surface area contributed by atoms with Crippen molar-refractivity contribution >= 4 is 41.2 Å². The van der Waals surface area contributed by atoms with Gasteiger partial charge in [0.15, 0.2) is 0 Å². The lowest BCUT2D eigenvalue weighted by Crippen LogP contribution is -2.54. The molecule has 152 valence electrons. The van der Waals surface area contributed by atoms with Crippen LogP contribution in [0.25, 0.3) is 6.08 Å². The molecule has 0 spiro atoms. The van der Waals surface area contributed by atoms with E-state index < -0.39 is 17.8 Å². The number of nitrogens with zero attached hydrogens (tertiary/aromatic N) is 2. The molecule has 0 saturated carbocycles. The first-order valence-electron chi connectivity index (χ1n) is 9.59. The van der Waals surface area contributed by atoms with Gasteiger partial charge in [0.1, 0.15) is 5.57 Å². The average Bonchev–Trinajstić information content (AvgIpc) is 3.12. The Hall–Kier alpha value is -3.38. The highest BCUT2D eigenvalue weighted by Crippen LogP contribution is 2.32. The topological polar surface area (TPSA) is 69.7 Å². The number of amides is 4. The van der Waals surface area contributed by atoms with Gasteiger partial charge in [-0.15, -0.1) is 6.58 Å². The molecule has 0 atom stereocenters. The van der Waals surface area contributed by atoms with E-state index in [0.29, 0.717) is 6.54 Å². The van der Waals surface area contributed by atoms with E-state index in [9.17, 15) is 14.4 Å². The Bertz CT molecular complexity index is 1090. The lowest BCUT2D eigenvalue weighted by molar-refractivity contribution is -0.129. The van der Waals surface area contributed by atoms with Gasteiger partial charge in [-0.3, -0.25) is 19.8 Å². The van der Waals surface area contributed by atoms with Gasteiger partial charge in [0, 0.05) is 30.3 Å². The van der Waals surface area contributed by atoms with Crippen molar-refractivity contribution < 1.29 is 14.4 Å². The van der Waals surface area contributed by atoms with Crippen LogP contribution in [0.1, 0.15) is 16.7 Å². The Balaban J connectivity index is 1.58. The van der Waals surface area contributed by atoms with E-state index in [4.69, 9.17) is 11.6 Å². The highest BCUT2D eigenvalue weighted by atomic mass is 35.5. The van der Waals surface area contributed by atoms with Crippen molar-refractivity contribution in [1.82, 2.24) is 10.2 Å². The first-order chi connectivity index (χ1) is 14.5. The zero-order valence-electron chi connectivity index (χ0n) is 16.2. The molecule has 4 rings (SSSR count). The Morgan fingerprint density at radius 3 is 2.70 bits per heavy atom. The largest absolute Gasteiger partial charge is 0.367 e. The molecule has 2 heterocycles. The van der Waals surface area contributed by atoms with Crippen LogP contribution in [0, 0.1) is 0 Å². The SMILES string of the molecule is C=CCN1C(=O)NC(=O)/C(=C\c2ccc3c(c2)CCN3Cc2ccccc2Cl)C1=O. The average molecular weight is 422 g/mol. The number of barbiturate groups is 1. The maximum absolute atomic E-state index is 12.6. The predicted octanol–water partition coefficient (Wildman–Crippen LogP) is 3.55. The molecular formula is C23H20ClN3O3. The minimum atomic E-state index is -0.730. The number of urea groups is 1. The molecule has 1 saturated heterocycles. The first-order valence-corrected chi connectivity index (χ1v) is 9.97. The number of fused-ring (bicyclic) bond motifs is 1. The molecule has 2 aliphatic heterocycles. The molecule has 1 N–H and O–H groups in total. The highest BCUT2D eigenvalue weighted by molar-refractivity contribution is 6.31. The van der Waals surface area contributed by atoms with Crippen LogP contribution in [-0.4, -0.2) is 35.8 Å². The molecule has 0 aromatic heterocycles. The van der Waals surface area contributed by atoms with E-state index in [1.807, 2.05) is 42.5 Å². The second-order valence-electron chi connectivity index (χ2n) is 7.17. The number of anilines is 1. The van der Waals surface area contributed by atoms with Crippen molar-refractivity contribution in [2.24, 2.45) is 0 Å². The fraction of sp³-hybridized carbons (Fsp3) is 0.174. The van der Waals surface area contributed by atoms with Crippen molar-refractivity contribution in [3.05, 3.63) is 82.4 Å². The lowest BCUT2D eigenvalue weighted by atomic mass is 10.0. The van der Waals surface area contributed by atoms with Gasteiger partial charge < -0.3 is 4.90 Å². The summed E-state index contributed by atoms with van der Waals surface area (Å²) < 4.78 is 0. The summed E-state index contributed by atoms with van der Waals surface area (Å²) >= 11 is 6.30. The fourth-order valence-electron chi connectivity index (χ4n) is 3.73. The van der Waals surface area contributed by atoms with Gasteiger partial charge >= 0.3 is 6.03 Å². The zero-order valence-corrected chi connectivity index (χ0v) is 17.0. The predicted molar refractivity (Wildman–Crippen MR) is 116 cm³/mol. The molecule has 30 heavy (non-hydrogen) atoms. The molecule has 0 aliphatic carbocycles. The first kappa shape index (κ1) is 19.9. The van der Waals surface area contributed by atoms with E-state index in [1.165, 1.54) is 12.2 Å². The van der Waals surface area contributed by atoms with Gasteiger partial charge in [-0.2, -0.15) is 0 Å². The molecule has 2 aliphatic rings. The molecule has 1 fully saturated rings. The molecule has 4 amide bonds. The molecule has 0 unspecified atom stereocenters. The minimum Gasteiger partial charge on any atom is -0.367 e. The summed E-state index contributed by atoms with van der Waals surface area (Å²) in [6, 6.07) is 12.9. The van der Waals surface area contributed by atoms with Crippen LogP contribution in [0.4, 0.5) is 10.5 Å². The highest BCUT2D eigenvalue weighted by Gasteiger charge is 2.35. The Morgan fingerprint density at radius 2 is 1.93 bits per heavy atom. The van der Waals surface area contributed by atoms with Crippen molar-refractivity contribution in [2.45, 2.75) is 13.0 Å².